The molecule has 0 radical (unpaired) electrons. The average molecular weight is 361 g/mol. The molecular formula is C22H36N2O2. The maximum absolute atomic E-state index is 12.4. The number of carbonyl (C=O) groups excluding carboxylic acids is 1. The van der Waals surface area contributed by atoms with Crippen LogP contribution in [0.1, 0.15) is 71.3 Å². The third-order valence-electron chi connectivity index (χ3n) is 5.45. The smallest absolute Gasteiger partial charge is 0.224 e. The van der Waals surface area contributed by atoms with Gasteiger partial charge < -0.3 is 15.8 Å². The molecule has 0 aliphatic heterocycles. The lowest BCUT2D eigenvalue weighted by atomic mass is 9.86. The molecule has 1 unspecified atom stereocenters. The first-order valence-corrected chi connectivity index (χ1v) is 10.3. The van der Waals surface area contributed by atoms with Gasteiger partial charge in [-0.2, -0.15) is 0 Å². The van der Waals surface area contributed by atoms with E-state index < -0.39 is 0 Å². The van der Waals surface area contributed by atoms with Gasteiger partial charge in [0.2, 0.25) is 5.91 Å². The summed E-state index contributed by atoms with van der Waals surface area (Å²) in [6.07, 6.45) is 8.96. The van der Waals surface area contributed by atoms with E-state index in [-0.39, 0.29) is 11.9 Å². The molecule has 1 amide bonds. The van der Waals surface area contributed by atoms with Crippen molar-refractivity contribution in [3.05, 3.63) is 23.8 Å². The van der Waals surface area contributed by atoms with Gasteiger partial charge in [0.15, 0.2) is 0 Å². The van der Waals surface area contributed by atoms with Crippen LogP contribution in [-0.4, -0.2) is 18.6 Å². The van der Waals surface area contributed by atoms with Crippen molar-refractivity contribution in [2.75, 3.05) is 11.9 Å². The molecule has 0 heterocycles. The van der Waals surface area contributed by atoms with Crippen molar-refractivity contribution in [3.63, 3.8) is 0 Å². The standard InChI is InChI=1S/C22H36N2O2/c1-4-26-21-15-18(14-19(23)16(2)3)10-12-20(21)24-22(25)13-11-17-8-6-5-7-9-17/h10,12,15-17,19H,4-9,11,13-14,23H2,1-3H3,(H,24,25). The summed E-state index contributed by atoms with van der Waals surface area (Å²) in [5.74, 6) is 1.99. The average Bonchev–Trinajstić information content (AvgIpc) is 2.63. The fourth-order valence-electron chi connectivity index (χ4n) is 3.60. The Morgan fingerprint density at radius 1 is 1.27 bits per heavy atom. The van der Waals surface area contributed by atoms with Crippen molar-refractivity contribution in [2.45, 2.75) is 78.2 Å². The molecule has 1 aromatic rings. The van der Waals surface area contributed by atoms with Crippen molar-refractivity contribution >= 4 is 11.6 Å². The lowest BCUT2D eigenvalue weighted by Crippen LogP contribution is -2.28. The minimum absolute atomic E-state index is 0.0863. The maximum Gasteiger partial charge on any atom is 0.224 e. The minimum Gasteiger partial charge on any atom is -0.492 e. The van der Waals surface area contributed by atoms with Gasteiger partial charge in [-0.1, -0.05) is 52.0 Å². The van der Waals surface area contributed by atoms with Crippen LogP contribution in [0.3, 0.4) is 0 Å². The fraction of sp³-hybridized carbons (Fsp3) is 0.682. The molecule has 0 spiro atoms. The topological polar surface area (TPSA) is 64.3 Å². The zero-order valence-corrected chi connectivity index (χ0v) is 16.7. The summed E-state index contributed by atoms with van der Waals surface area (Å²) in [5.41, 5.74) is 8.11. The van der Waals surface area contributed by atoms with E-state index in [0.717, 1.165) is 35.8 Å². The molecule has 0 aromatic heterocycles. The zero-order chi connectivity index (χ0) is 18.9. The van der Waals surface area contributed by atoms with E-state index in [9.17, 15) is 4.79 Å². The predicted molar refractivity (Wildman–Crippen MR) is 109 cm³/mol. The molecule has 4 heteroatoms. The molecule has 146 valence electrons. The third-order valence-corrected chi connectivity index (χ3v) is 5.45. The summed E-state index contributed by atoms with van der Waals surface area (Å²) >= 11 is 0. The summed E-state index contributed by atoms with van der Waals surface area (Å²) in [7, 11) is 0. The Balaban J connectivity index is 1.94. The van der Waals surface area contributed by atoms with Crippen LogP contribution in [0.2, 0.25) is 0 Å². The van der Waals surface area contributed by atoms with E-state index in [1.807, 2.05) is 25.1 Å². The predicted octanol–water partition coefficient (Wildman–Crippen LogP) is 4.91. The maximum atomic E-state index is 12.4. The molecular weight excluding hydrogens is 324 g/mol. The summed E-state index contributed by atoms with van der Waals surface area (Å²) in [6, 6.07) is 6.14. The number of anilines is 1. The summed E-state index contributed by atoms with van der Waals surface area (Å²) in [6.45, 7) is 6.80. The molecule has 2 rings (SSSR count). The Labute approximate surface area is 158 Å². The monoisotopic (exact) mass is 360 g/mol. The first-order valence-electron chi connectivity index (χ1n) is 10.3. The molecule has 1 fully saturated rings. The van der Waals surface area contributed by atoms with Crippen molar-refractivity contribution in [1.29, 1.82) is 0 Å². The van der Waals surface area contributed by atoms with Crippen LogP contribution in [0.15, 0.2) is 18.2 Å². The Kier molecular flexibility index (Phi) is 8.43. The van der Waals surface area contributed by atoms with Gasteiger partial charge >= 0.3 is 0 Å². The highest BCUT2D eigenvalue weighted by molar-refractivity contribution is 5.92. The highest BCUT2D eigenvalue weighted by Gasteiger charge is 2.16. The SMILES string of the molecule is CCOc1cc(CC(N)C(C)C)ccc1NC(=O)CCC1CCCCC1. The number of hydrogen-bond acceptors (Lipinski definition) is 3. The van der Waals surface area contributed by atoms with E-state index >= 15 is 0 Å². The summed E-state index contributed by atoms with van der Waals surface area (Å²) in [4.78, 5) is 12.4. The fourth-order valence-corrected chi connectivity index (χ4v) is 3.60. The van der Waals surface area contributed by atoms with Gasteiger partial charge in [0.25, 0.3) is 0 Å². The molecule has 0 saturated heterocycles. The van der Waals surface area contributed by atoms with Gasteiger partial charge in [0.1, 0.15) is 5.75 Å². The molecule has 3 N–H and O–H groups in total. The van der Waals surface area contributed by atoms with Crippen LogP contribution >= 0.6 is 0 Å². The van der Waals surface area contributed by atoms with Gasteiger partial charge in [-0.15, -0.1) is 0 Å². The number of hydrogen-bond donors (Lipinski definition) is 2. The van der Waals surface area contributed by atoms with E-state index in [2.05, 4.69) is 19.2 Å². The van der Waals surface area contributed by atoms with Crippen molar-refractivity contribution < 1.29 is 9.53 Å². The second kappa shape index (κ2) is 10.6. The molecule has 26 heavy (non-hydrogen) atoms. The van der Waals surface area contributed by atoms with Crippen molar-refractivity contribution in [1.82, 2.24) is 0 Å². The van der Waals surface area contributed by atoms with Gasteiger partial charge in [0.05, 0.1) is 12.3 Å². The second-order valence-corrected chi connectivity index (χ2v) is 7.97. The highest BCUT2D eigenvalue weighted by Crippen LogP contribution is 2.29. The number of carbonyl (C=O) groups is 1. The Bertz CT molecular complexity index is 565. The number of rotatable bonds is 9. The highest BCUT2D eigenvalue weighted by atomic mass is 16.5. The largest absolute Gasteiger partial charge is 0.492 e. The normalized spacial score (nSPS) is 16.5. The van der Waals surface area contributed by atoms with Gasteiger partial charge in [-0.25, -0.2) is 0 Å². The molecule has 1 aliphatic rings. The Morgan fingerprint density at radius 3 is 2.65 bits per heavy atom. The Morgan fingerprint density at radius 2 is 2.00 bits per heavy atom. The first-order chi connectivity index (χ1) is 12.5. The lowest BCUT2D eigenvalue weighted by molar-refractivity contribution is -0.116. The van der Waals surface area contributed by atoms with E-state index in [1.54, 1.807) is 0 Å². The van der Waals surface area contributed by atoms with Crippen LogP contribution in [0, 0.1) is 11.8 Å². The third kappa shape index (κ3) is 6.64. The quantitative estimate of drug-likeness (QED) is 0.657. The summed E-state index contributed by atoms with van der Waals surface area (Å²) in [5, 5.41) is 3.04. The Hall–Kier alpha value is -1.55. The number of nitrogens with two attached hydrogens (primary N) is 1. The van der Waals surface area contributed by atoms with Crippen LogP contribution < -0.4 is 15.8 Å². The van der Waals surface area contributed by atoms with Crippen LogP contribution in [0.5, 0.6) is 5.75 Å². The first kappa shape index (κ1) is 20.8. The number of ether oxygens (including phenoxy) is 1. The molecule has 1 aromatic carbocycles. The molecule has 1 saturated carbocycles. The number of amides is 1. The zero-order valence-electron chi connectivity index (χ0n) is 16.7. The second-order valence-electron chi connectivity index (χ2n) is 7.97. The van der Waals surface area contributed by atoms with E-state index in [1.165, 1.54) is 32.1 Å². The minimum atomic E-state index is 0.0863. The summed E-state index contributed by atoms with van der Waals surface area (Å²) < 4.78 is 5.76. The molecule has 0 bridgehead atoms. The number of benzene rings is 1. The number of nitrogens with one attached hydrogen (secondary N) is 1. The van der Waals surface area contributed by atoms with Gasteiger partial charge in [0, 0.05) is 12.5 Å². The van der Waals surface area contributed by atoms with Crippen LogP contribution in [-0.2, 0) is 11.2 Å². The van der Waals surface area contributed by atoms with Crippen molar-refractivity contribution in [3.8, 4) is 5.75 Å². The van der Waals surface area contributed by atoms with Crippen molar-refractivity contribution in [2.24, 2.45) is 17.6 Å². The van der Waals surface area contributed by atoms with Crippen LogP contribution in [0.25, 0.3) is 0 Å². The van der Waals surface area contributed by atoms with E-state index in [0.29, 0.717) is 18.9 Å². The van der Waals surface area contributed by atoms with Gasteiger partial charge in [-0.3, -0.25) is 4.79 Å². The van der Waals surface area contributed by atoms with Crippen LogP contribution in [0.4, 0.5) is 5.69 Å². The molecule has 1 atom stereocenters. The lowest BCUT2D eigenvalue weighted by Gasteiger charge is -2.21. The van der Waals surface area contributed by atoms with Gasteiger partial charge in [-0.05, 0) is 49.3 Å². The molecule has 4 nitrogen and oxygen atoms in total. The molecule has 1 aliphatic carbocycles. The van der Waals surface area contributed by atoms with E-state index in [4.69, 9.17) is 10.5 Å².